The number of esters is 1. The van der Waals surface area contributed by atoms with Crippen LogP contribution in [0, 0.1) is 0 Å². The van der Waals surface area contributed by atoms with Crippen LogP contribution < -0.4 is 5.73 Å². The van der Waals surface area contributed by atoms with Crippen molar-refractivity contribution >= 4 is 5.97 Å². The van der Waals surface area contributed by atoms with Gasteiger partial charge in [0.05, 0.1) is 0 Å². The van der Waals surface area contributed by atoms with Crippen LogP contribution in [-0.4, -0.2) is 28.8 Å². The third kappa shape index (κ3) is 4.85. The van der Waals surface area contributed by atoms with Crippen LogP contribution >= 0.6 is 0 Å². The van der Waals surface area contributed by atoms with E-state index in [2.05, 4.69) is 0 Å². The standard InChI is InChI=1S/C9H19NO3/c1-5-6(10)7(11)8(12)13-9(2,3)4/h6-7,11H,5,10H2,1-4H3/t6-,7?/m1/s1. The first-order valence-electron chi connectivity index (χ1n) is 4.44. The highest BCUT2D eigenvalue weighted by Gasteiger charge is 2.26. The van der Waals surface area contributed by atoms with Gasteiger partial charge in [-0.1, -0.05) is 6.92 Å². The van der Waals surface area contributed by atoms with Crippen LogP contribution in [0.2, 0.25) is 0 Å². The number of carbonyl (C=O) groups is 1. The fourth-order valence-corrected chi connectivity index (χ4v) is 0.760. The van der Waals surface area contributed by atoms with Gasteiger partial charge < -0.3 is 15.6 Å². The van der Waals surface area contributed by atoms with Gasteiger partial charge in [0.1, 0.15) is 5.60 Å². The summed E-state index contributed by atoms with van der Waals surface area (Å²) in [4.78, 5) is 11.2. The molecule has 0 aliphatic rings. The Morgan fingerprint density at radius 1 is 1.54 bits per heavy atom. The summed E-state index contributed by atoms with van der Waals surface area (Å²) in [5.74, 6) is -0.651. The van der Waals surface area contributed by atoms with Crippen LogP contribution in [0.1, 0.15) is 34.1 Å². The molecule has 13 heavy (non-hydrogen) atoms. The Morgan fingerprint density at radius 2 is 2.00 bits per heavy atom. The second-order valence-corrected chi connectivity index (χ2v) is 4.05. The van der Waals surface area contributed by atoms with Crippen molar-refractivity contribution in [1.82, 2.24) is 0 Å². The molecule has 0 fully saturated rings. The molecule has 0 saturated heterocycles. The molecule has 0 aliphatic heterocycles. The third-order valence-corrected chi connectivity index (χ3v) is 1.53. The topological polar surface area (TPSA) is 72.5 Å². The molecule has 0 aromatic carbocycles. The van der Waals surface area contributed by atoms with Crippen molar-refractivity contribution < 1.29 is 14.6 Å². The van der Waals surface area contributed by atoms with Crippen LogP contribution in [-0.2, 0) is 9.53 Å². The fraction of sp³-hybridized carbons (Fsp3) is 0.889. The molecular formula is C9H19NO3. The highest BCUT2D eigenvalue weighted by molar-refractivity contribution is 5.75. The Hall–Kier alpha value is -0.610. The van der Waals surface area contributed by atoms with E-state index >= 15 is 0 Å². The summed E-state index contributed by atoms with van der Waals surface area (Å²) in [5, 5.41) is 9.35. The van der Waals surface area contributed by atoms with Crippen LogP contribution in [0.25, 0.3) is 0 Å². The molecule has 4 nitrogen and oxygen atoms in total. The van der Waals surface area contributed by atoms with E-state index in [0.717, 1.165) is 0 Å². The summed E-state index contributed by atoms with van der Waals surface area (Å²) in [5.41, 5.74) is 4.91. The van der Waals surface area contributed by atoms with Gasteiger partial charge in [0.15, 0.2) is 6.10 Å². The maximum atomic E-state index is 11.2. The van der Waals surface area contributed by atoms with Crippen molar-refractivity contribution in [2.75, 3.05) is 0 Å². The van der Waals surface area contributed by atoms with E-state index in [1.807, 2.05) is 0 Å². The van der Waals surface area contributed by atoms with Gasteiger partial charge in [0, 0.05) is 6.04 Å². The van der Waals surface area contributed by atoms with Gasteiger partial charge in [-0.3, -0.25) is 0 Å². The summed E-state index contributed by atoms with van der Waals surface area (Å²) in [6.07, 6.45) is -0.676. The molecular weight excluding hydrogens is 170 g/mol. The van der Waals surface area contributed by atoms with E-state index in [4.69, 9.17) is 10.5 Å². The Kier molecular flexibility index (Phi) is 4.36. The van der Waals surface area contributed by atoms with E-state index in [9.17, 15) is 9.90 Å². The molecule has 0 aromatic heterocycles. The second-order valence-electron chi connectivity index (χ2n) is 4.05. The molecule has 3 N–H and O–H groups in total. The SMILES string of the molecule is CC[C@@H](N)C(O)C(=O)OC(C)(C)C. The minimum atomic E-state index is -1.22. The van der Waals surface area contributed by atoms with E-state index in [-0.39, 0.29) is 0 Å². The monoisotopic (exact) mass is 189 g/mol. The quantitative estimate of drug-likeness (QED) is 0.631. The normalized spacial score (nSPS) is 16.5. The lowest BCUT2D eigenvalue weighted by molar-refractivity contribution is -0.166. The first-order chi connectivity index (χ1) is 5.78. The van der Waals surface area contributed by atoms with Crippen LogP contribution in [0.4, 0.5) is 0 Å². The molecule has 0 saturated carbocycles. The minimum absolute atomic E-state index is 0.542. The number of carbonyl (C=O) groups excluding carboxylic acids is 1. The highest BCUT2D eigenvalue weighted by atomic mass is 16.6. The van der Waals surface area contributed by atoms with Gasteiger partial charge in [-0.25, -0.2) is 4.79 Å². The van der Waals surface area contributed by atoms with Crippen LogP contribution in [0.5, 0.6) is 0 Å². The molecule has 0 rings (SSSR count). The van der Waals surface area contributed by atoms with E-state index < -0.39 is 23.7 Å². The number of nitrogens with two attached hydrogens (primary N) is 1. The van der Waals surface area contributed by atoms with Crippen molar-refractivity contribution in [3.8, 4) is 0 Å². The maximum Gasteiger partial charge on any atom is 0.337 e. The summed E-state index contributed by atoms with van der Waals surface area (Å²) in [6, 6.07) is -0.546. The lowest BCUT2D eigenvalue weighted by Gasteiger charge is -2.23. The number of aliphatic hydroxyl groups excluding tert-OH is 1. The van der Waals surface area contributed by atoms with Crippen molar-refractivity contribution in [1.29, 1.82) is 0 Å². The minimum Gasteiger partial charge on any atom is -0.458 e. The van der Waals surface area contributed by atoms with Gasteiger partial charge in [-0.05, 0) is 27.2 Å². The molecule has 0 bridgehead atoms. The molecule has 1 unspecified atom stereocenters. The third-order valence-electron chi connectivity index (χ3n) is 1.53. The van der Waals surface area contributed by atoms with Gasteiger partial charge in [0.25, 0.3) is 0 Å². The molecule has 0 spiro atoms. The number of rotatable bonds is 3. The van der Waals surface area contributed by atoms with Crippen molar-refractivity contribution in [3.63, 3.8) is 0 Å². The van der Waals surface area contributed by atoms with Crippen LogP contribution in [0.15, 0.2) is 0 Å². The van der Waals surface area contributed by atoms with Crippen molar-refractivity contribution in [3.05, 3.63) is 0 Å². The van der Waals surface area contributed by atoms with Gasteiger partial charge in [0.2, 0.25) is 0 Å². The second kappa shape index (κ2) is 4.58. The first-order valence-corrected chi connectivity index (χ1v) is 4.44. The van der Waals surface area contributed by atoms with Gasteiger partial charge >= 0.3 is 5.97 Å². The number of ether oxygens (including phenoxy) is 1. The zero-order chi connectivity index (χ0) is 10.6. The summed E-state index contributed by atoms with van der Waals surface area (Å²) < 4.78 is 4.95. The molecule has 0 heterocycles. The van der Waals surface area contributed by atoms with Gasteiger partial charge in [-0.2, -0.15) is 0 Å². The molecule has 0 amide bonds. The van der Waals surface area contributed by atoms with Crippen molar-refractivity contribution in [2.45, 2.75) is 51.9 Å². The lowest BCUT2D eigenvalue weighted by Crippen LogP contribution is -2.43. The first kappa shape index (κ1) is 12.4. The molecule has 0 aliphatic carbocycles. The molecule has 4 heteroatoms. The van der Waals surface area contributed by atoms with E-state index in [1.54, 1.807) is 27.7 Å². The summed E-state index contributed by atoms with van der Waals surface area (Å²) >= 11 is 0. The Morgan fingerprint density at radius 3 is 2.31 bits per heavy atom. The molecule has 78 valence electrons. The summed E-state index contributed by atoms with van der Waals surface area (Å²) in [7, 11) is 0. The van der Waals surface area contributed by atoms with Gasteiger partial charge in [-0.15, -0.1) is 0 Å². The average Bonchev–Trinajstić information content (AvgIpc) is 1.98. The Labute approximate surface area is 79.1 Å². The lowest BCUT2D eigenvalue weighted by atomic mass is 10.1. The predicted octanol–water partition coefficient (Wildman–Crippen LogP) is 0.426. The number of hydrogen-bond donors (Lipinski definition) is 2. The fourth-order valence-electron chi connectivity index (χ4n) is 0.760. The Balaban J connectivity index is 4.12. The number of aliphatic hydroxyl groups is 1. The maximum absolute atomic E-state index is 11.2. The number of hydrogen-bond acceptors (Lipinski definition) is 4. The zero-order valence-corrected chi connectivity index (χ0v) is 8.70. The van der Waals surface area contributed by atoms with E-state index in [0.29, 0.717) is 6.42 Å². The Bertz CT molecular complexity index is 174. The average molecular weight is 189 g/mol. The molecule has 2 atom stereocenters. The van der Waals surface area contributed by atoms with Crippen LogP contribution in [0.3, 0.4) is 0 Å². The molecule has 0 radical (unpaired) electrons. The molecule has 0 aromatic rings. The predicted molar refractivity (Wildman–Crippen MR) is 50.1 cm³/mol. The largest absolute Gasteiger partial charge is 0.458 e. The zero-order valence-electron chi connectivity index (χ0n) is 8.70. The highest BCUT2D eigenvalue weighted by Crippen LogP contribution is 2.09. The smallest absolute Gasteiger partial charge is 0.337 e. The summed E-state index contributed by atoms with van der Waals surface area (Å²) in [6.45, 7) is 7.04. The van der Waals surface area contributed by atoms with E-state index in [1.165, 1.54) is 0 Å². The van der Waals surface area contributed by atoms with Crippen molar-refractivity contribution in [2.24, 2.45) is 5.73 Å².